The number of carbonyl (C=O) groups excluding carboxylic acids is 2. The number of thiazole rings is 1. The van der Waals surface area contributed by atoms with Crippen molar-refractivity contribution in [3.8, 4) is 5.75 Å². The maximum absolute atomic E-state index is 14.2. The highest BCUT2D eigenvalue weighted by Crippen LogP contribution is 2.39. The zero-order chi connectivity index (χ0) is 45.4. The van der Waals surface area contributed by atoms with E-state index in [9.17, 15) is 52.8 Å². The molecule has 0 unspecified atom stereocenters. The lowest BCUT2D eigenvalue weighted by Gasteiger charge is -2.36. The molecule has 2 aromatic carbocycles. The molecule has 0 bridgehead atoms. The van der Waals surface area contributed by atoms with E-state index in [1.165, 1.54) is 11.3 Å². The van der Waals surface area contributed by atoms with Crippen LogP contribution >= 0.6 is 11.3 Å². The SMILES string of the molecule is N[C@@H](CC(=O)NC1(c2nc3ccc(OCCCCCCCCCCCC(=O)NCCS(=O)(=O)O)cc3s2)CCS(=O)(=O)CC1)Cc1cc(F)c(F)cc1F.O=C(O)C(F)(F)F. The van der Waals surface area contributed by atoms with Gasteiger partial charge < -0.3 is 26.2 Å². The number of halogens is 6. The number of carbonyl (C=O) groups is 3. The predicted octanol–water partition coefficient (Wildman–Crippen LogP) is 6.11. The zero-order valence-corrected chi connectivity index (χ0v) is 35.5. The van der Waals surface area contributed by atoms with Gasteiger partial charge in [0.1, 0.15) is 16.6 Å². The number of carboxylic acids is 1. The van der Waals surface area contributed by atoms with Crippen molar-refractivity contribution in [1.82, 2.24) is 15.6 Å². The Kier molecular flexibility index (Phi) is 19.7. The van der Waals surface area contributed by atoms with Crippen LogP contribution in [0.5, 0.6) is 5.75 Å². The molecule has 0 saturated carbocycles. The lowest BCUT2D eigenvalue weighted by molar-refractivity contribution is -0.192. The van der Waals surface area contributed by atoms with Gasteiger partial charge in [-0.3, -0.25) is 14.1 Å². The molecule has 0 radical (unpaired) electrons. The molecule has 342 valence electrons. The van der Waals surface area contributed by atoms with E-state index in [0.717, 1.165) is 68.6 Å². The smallest absolute Gasteiger partial charge is 0.490 e. The van der Waals surface area contributed by atoms with Gasteiger partial charge in [0.15, 0.2) is 21.5 Å². The van der Waals surface area contributed by atoms with Gasteiger partial charge in [0.05, 0.1) is 39.6 Å². The fourth-order valence-corrected chi connectivity index (χ4v) is 9.41. The zero-order valence-electron chi connectivity index (χ0n) is 33.1. The first-order valence-electron chi connectivity index (χ1n) is 19.4. The third-order valence-corrected chi connectivity index (χ3v) is 13.2. The summed E-state index contributed by atoms with van der Waals surface area (Å²) >= 11 is 1.34. The van der Waals surface area contributed by atoms with Gasteiger partial charge in [0.25, 0.3) is 10.1 Å². The molecule has 3 aromatic rings. The second-order valence-electron chi connectivity index (χ2n) is 14.7. The van der Waals surface area contributed by atoms with Gasteiger partial charge in [0.2, 0.25) is 11.8 Å². The Hall–Kier alpha value is -4.06. The van der Waals surface area contributed by atoms with Gasteiger partial charge in [0, 0.05) is 31.5 Å². The first kappa shape index (κ1) is 51.3. The van der Waals surface area contributed by atoms with Crippen LogP contribution in [0.4, 0.5) is 26.3 Å². The number of hydrogen-bond acceptors (Lipinski definition) is 11. The number of aromatic nitrogens is 1. The standard InChI is InChI=1S/C36H49F3N4O8S3.C2HF3O2/c37-28-24-30(39)29(38)21-25(28)20-26(40)22-34(45)43-36(13-17-53(46,47)18-14-36)35-42-31-12-11-27(23-32(31)52-35)51-16-9-7-5-3-1-2-4-6-8-10-33(44)41-15-19-54(48,49)50;3-2(4,5)1(6)7/h11-12,21,23-24,26H,1-10,13-20,22,40H2,(H,41,44)(H,43,45)(H,48,49,50);(H,6,7)/t26-;/m1./s1. The molecule has 1 atom stereocenters. The van der Waals surface area contributed by atoms with E-state index in [2.05, 4.69) is 10.6 Å². The second kappa shape index (κ2) is 23.4. The fraction of sp³-hybridized carbons (Fsp3) is 0.579. The van der Waals surface area contributed by atoms with Crippen molar-refractivity contribution in [3.05, 3.63) is 58.4 Å². The average Bonchev–Trinajstić information content (AvgIpc) is 3.59. The third-order valence-electron chi connectivity index (χ3n) is 9.59. The van der Waals surface area contributed by atoms with E-state index in [1.807, 2.05) is 18.2 Å². The Morgan fingerprint density at radius 1 is 0.902 bits per heavy atom. The van der Waals surface area contributed by atoms with Crippen LogP contribution in [-0.2, 0) is 46.3 Å². The minimum absolute atomic E-state index is 0.0920. The summed E-state index contributed by atoms with van der Waals surface area (Å²) in [6.45, 7) is 0.446. The van der Waals surface area contributed by atoms with Gasteiger partial charge in [-0.05, 0) is 61.9 Å². The van der Waals surface area contributed by atoms with Crippen molar-refractivity contribution < 1.29 is 72.0 Å². The number of unbranched alkanes of at least 4 members (excludes halogenated alkanes) is 8. The van der Waals surface area contributed by atoms with Crippen molar-refractivity contribution in [3.63, 3.8) is 0 Å². The third kappa shape index (κ3) is 18.4. The van der Waals surface area contributed by atoms with Gasteiger partial charge in [-0.1, -0.05) is 44.9 Å². The molecule has 2 amide bonds. The number of ether oxygens (including phenoxy) is 1. The number of amides is 2. The number of nitrogens with one attached hydrogen (secondary N) is 2. The summed E-state index contributed by atoms with van der Waals surface area (Å²) in [7, 11) is -7.38. The van der Waals surface area contributed by atoms with Crippen molar-refractivity contribution in [1.29, 1.82) is 0 Å². The molecule has 0 spiro atoms. The number of carboxylic acid groups (broad SMARTS) is 1. The molecule has 0 aliphatic carbocycles. The van der Waals surface area contributed by atoms with Gasteiger partial charge in [-0.15, -0.1) is 11.3 Å². The van der Waals surface area contributed by atoms with Crippen LogP contribution in [0.2, 0.25) is 0 Å². The molecular formula is C38H50F6N4O10S3. The Morgan fingerprint density at radius 2 is 1.48 bits per heavy atom. The van der Waals surface area contributed by atoms with E-state index in [4.69, 9.17) is 29.9 Å². The summed E-state index contributed by atoms with van der Waals surface area (Å²) in [6.07, 6.45) is 3.94. The summed E-state index contributed by atoms with van der Waals surface area (Å²) < 4.78 is 134. The first-order chi connectivity index (χ1) is 28.5. The maximum Gasteiger partial charge on any atom is 0.490 e. The molecule has 2 heterocycles. The summed E-state index contributed by atoms with van der Waals surface area (Å²) in [4.78, 5) is 38.6. The first-order valence-corrected chi connectivity index (χ1v) is 23.7. The van der Waals surface area contributed by atoms with Crippen molar-refractivity contribution in [2.24, 2.45) is 5.73 Å². The van der Waals surface area contributed by atoms with E-state index in [0.29, 0.717) is 35.4 Å². The molecule has 1 fully saturated rings. The summed E-state index contributed by atoms with van der Waals surface area (Å²) in [5.41, 5.74) is 5.56. The summed E-state index contributed by atoms with van der Waals surface area (Å²) in [6, 6.07) is 5.77. The molecule has 1 saturated heterocycles. The Balaban J connectivity index is 0.00000130. The van der Waals surface area contributed by atoms with Crippen LogP contribution in [0.15, 0.2) is 30.3 Å². The molecule has 1 aliphatic heterocycles. The maximum atomic E-state index is 14.2. The van der Waals surface area contributed by atoms with Crippen LogP contribution in [0.1, 0.15) is 94.0 Å². The number of nitrogens with zero attached hydrogens (tertiary/aromatic N) is 1. The van der Waals surface area contributed by atoms with Crippen molar-refractivity contribution >= 4 is 59.3 Å². The van der Waals surface area contributed by atoms with Crippen LogP contribution in [0.25, 0.3) is 10.2 Å². The molecule has 1 aliphatic rings. The Labute approximate surface area is 353 Å². The lowest BCUT2D eigenvalue weighted by atomic mass is 9.92. The van der Waals surface area contributed by atoms with Gasteiger partial charge >= 0.3 is 12.1 Å². The Morgan fingerprint density at radius 3 is 2.07 bits per heavy atom. The monoisotopic (exact) mass is 932 g/mol. The molecule has 1 aromatic heterocycles. The highest BCUT2D eigenvalue weighted by molar-refractivity contribution is 7.91. The molecular weight excluding hydrogens is 883 g/mol. The topological polar surface area (TPSA) is 232 Å². The second-order valence-corrected chi connectivity index (χ2v) is 19.6. The van der Waals surface area contributed by atoms with Crippen molar-refractivity contribution in [2.75, 3.05) is 30.4 Å². The van der Waals surface area contributed by atoms with Crippen LogP contribution < -0.4 is 21.1 Å². The number of aliphatic carboxylic acids is 1. The van der Waals surface area contributed by atoms with E-state index in [-0.39, 0.29) is 55.2 Å². The molecule has 4 rings (SSSR count). The van der Waals surface area contributed by atoms with Crippen molar-refractivity contribution in [2.45, 2.75) is 108 Å². The number of nitrogens with two attached hydrogens (primary N) is 1. The number of fused-ring (bicyclic) bond motifs is 1. The average molecular weight is 933 g/mol. The molecule has 61 heavy (non-hydrogen) atoms. The minimum atomic E-state index is -5.08. The van der Waals surface area contributed by atoms with E-state index < -0.39 is 72.8 Å². The summed E-state index contributed by atoms with van der Waals surface area (Å²) in [5, 5.41) is 13.1. The minimum Gasteiger partial charge on any atom is -0.494 e. The molecule has 14 nitrogen and oxygen atoms in total. The number of sulfone groups is 1. The van der Waals surface area contributed by atoms with Gasteiger partial charge in [-0.25, -0.2) is 31.4 Å². The number of alkyl halides is 3. The predicted molar refractivity (Wildman–Crippen MR) is 215 cm³/mol. The van der Waals surface area contributed by atoms with Crippen LogP contribution in [0, 0.1) is 17.5 Å². The number of benzene rings is 2. The quantitative estimate of drug-likeness (QED) is 0.0333. The fourth-order valence-electron chi connectivity index (χ4n) is 6.33. The van der Waals surface area contributed by atoms with E-state index in [1.54, 1.807) is 0 Å². The molecule has 6 N–H and O–H groups in total. The summed E-state index contributed by atoms with van der Waals surface area (Å²) in [5.74, 6) is -7.07. The van der Waals surface area contributed by atoms with E-state index >= 15 is 0 Å². The highest BCUT2D eigenvalue weighted by Gasteiger charge is 2.43. The highest BCUT2D eigenvalue weighted by atomic mass is 32.2. The Bertz CT molecular complexity index is 2160. The largest absolute Gasteiger partial charge is 0.494 e. The molecule has 23 heteroatoms. The lowest BCUT2D eigenvalue weighted by Crippen LogP contribution is -2.51. The normalized spacial score (nSPS) is 15.3. The number of hydrogen-bond donors (Lipinski definition) is 5. The van der Waals surface area contributed by atoms with Crippen LogP contribution in [-0.4, -0.2) is 91.9 Å². The van der Waals surface area contributed by atoms with Gasteiger partial charge in [-0.2, -0.15) is 21.6 Å². The van der Waals surface area contributed by atoms with Crippen LogP contribution in [0.3, 0.4) is 0 Å². The number of rotatable bonds is 22.